The standard InChI is InChI=1S/C27H31BrN4O9/c1-6-39-20-11-17(24-23(26(35)38-5)14(2)30-27(36)31-24)7-8-19(20)40-13-22(34)32-29-12-16-9-18(28)25(41-15(3)33)21(10-16)37-4/h7-12,22,24,32,34H,6,13H2,1-5H3,(H2,30,31,36)/b29-12+/t22-,24+/m0/s1. The van der Waals surface area contributed by atoms with Crippen molar-refractivity contribution in [3.63, 3.8) is 0 Å². The van der Waals surface area contributed by atoms with Crippen molar-refractivity contribution in [3.05, 3.63) is 57.2 Å². The van der Waals surface area contributed by atoms with Crippen LogP contribution in [0.2, 0.25) is 0 Å². The molecule has 0 aliphatic carbocycles. The number of esters is 2. The highest BCUT2D eigenvalue weighted by Crippen LogP contribution is 2.37. The molecule has 0 saturated heterocycles. The predicted molar refractivity (Wildman–Crippen MR) is 151 cm³/mol. The molecule has 2 atom stereocenters. The maximum atomic E-state index is 12.4. The van der Waals surface area contributed by atoms with Crippen LogP contribution in [0, 0.1) is 0 Å². The Hall–Kier alpha value is -4.30. The molecule has 0 fully saturated rings. The molecule has 2 aromatic rings. The summed E-state index contributed by atoms with van der Waals surface area (Å²) in [6.45, 7) is 4.82. The number of carbonyl (C=O) groups is 3. The van der Waals surface area contributed by atoms with Crippen LogP contribution in [-0.2, 0) is 14.3 Å². The first-order valence-corrected chi connectivity index (χ1v) is 13.2. The van der Waals surface area contributed by atoms with Crippen molar-refractivity contribution in [3.8, 4) is 23.0 Å². The van der Waals surface area contributed by atoms with Crippen LogP contribution in [-0.4, -0.2) is 63.0 Å². The van der Waals surface area contributed by atoms with Gasteiger partial charge in [-0.3, -0.25) is 10.2 Å². The molecule has 4 N–H and O–H groups in total. The molecule has 0 saturated carbocycles. The van der Waals surface area contributed by atoms with Gasteiger partial charge in [-0.25, -0.2) is 9.59 Å². The van der Waals surface area contributed by atoms with Crippen LogP contribution < -0.4 is 35.0 Å². The molecule has 1 heterocycles. The number of hydrazone groups is 1. The molecule has 1 aliphatic heterocycles. The summed E-state index contributed by atoms with van der Waals surface area (Å²) in [6, 6.07) is 6.98. The normalized spacial score (nSPS) is 15.5. The minimum absolute atomic E-state index is 0.189. The number of amides is 2. The molecule has 3 rings (SSSR count). The molecular weight excluding hydrogens is 604 g/mol. The Labute approximate surface area is 244 Å². The zero-order chi connectivity index (χ0) is 30.1. The first-order chi connectivity index (χ1) is 19.6. The summed E-state index contributed by atoms with van der Waals surface area (Å²) in [5, 5.41) is 19.7. The van der Waals surface area contributed by atoms with Gasteiger partial charge in [0.05, 0.1) is 43.1 Å². The lowest BCUT2D eigenvalue weighted by molar-refractivity contribution is -0.136. The van der Waals surface area contributed by atoms with Gasteiger partial charge >= 0.3 is 18.0 Å². The second kappa shape index (κ2) is 14.4. The summed E-state index contributed by atoms with van der Waals surface area (Å²) in [4.78, 5) is 35.8. The van der Waals surface area contributed by atoms with E-state index >= 15 is 0 Å². The molecule has 0 radical (unpaired) electrons. The van der Waals surface area contributed by atoms with E-state index in [1.165, 1.54) is 27.4 Å². The van der Waals surface area contributed by atoms with E-state index in [4.69, 9.17) is 23.7 Å². The van der Waals surface area contributed by atoms with Gasteiger partial charge in [0.25, 0.3) is 0 Å². The quantitative estimate of drug-likeness (QED) is 0.0896. The molecule has 13 nitrogen and oxygen atoms in total. The fraction of sp³-hybridized carbons (Fsp3) is 0.333. The Kier molecular flexibility index (Phi) is 10.9. The number of hydrogen-bond acceptors (Lipinski definition) is 11. The van der Waals surface area contributed by atoms with Gasteiger partial charge in [0.1, 0.15) is 6.61 Å². The van der Waals surface area contributed by atoms with Gasteiger partial charge in [0.15, 0.2) is 29.2 Å². The van der Waals surface area contributed by atoms with Crippen LogP contribution >= 0.6 is 15.9 Å². The third-order valence-electron chi connectivity index (χ3n) is 5.61. The highest BCUT2D eigenvalue weighted by molar-refractivity contribution is 9.10. The van der Waals surface area contributed by atoms with Crippen LogP contribution in [0.15, 0.2) is 51.2 Å². The summed E-state index contributed by atoms with van der Waals surface area (Å²) >= 11 is 3.34. The number of hydrogen-bond donors (Lipinski definition) is 4. The molecule has 14 heteroatoms. The van der Waals surface area contributed by atoms with Crippen LogP contribution in [0.3, 0.4) is 0 Å². The number of benzene rings is 2. The van der Waals surface area contributed by atoms with E-state index in [-0.39, 0.29) is 17.9 Å². The van der Waals surface area contributed by atoms with E-state index in [2.05, 4.69) is 37.1 Å². The van der Waals surface area contributed by atoms with Gasteiger partial charge in [-0.05, 0) is 65.2 Å². The number of aliphatic hydroxyl groups is 1. The number of rotatable bonds is 12. The van der Waals surface area contributed by atoms with Crippen molar-refractivity contribution >= 4 is 40.1 Å². The van der Waals surface area contributed by atoms with E-state index in [0.717, 1.165) is 0 Å². The van der Waals surface area contributed by atoms with Crippen LogP contribution in [0.25, 0.3) is 0 Å². The number of urea groups is 1. The van der Waals surface area contributed by atoms with E-state index in [0.29, 0.717) is 45.2 Å². The molecule has 2 amide bonds. The van der Waals surface area contributed by atoms with Crippen LogP contribution in [0.5, 0.6) is 23.0 Å². The number of ether oxygens (including phenoxy) is 5. The van der Waals surface area contributed by atoms with Gasteiger partial charge in [0.2, 0.25) is 0 Å². The van der Waals surface area contributed by atoms with E-state index in [9.17, 15) is 19.5 Å². The molecule has 220 valence electrons. The number of halogens is 1. The minimum atomic E-state index is -1.19. The number of nitrogens with zero attached hydrogens (tertiary/aromatic N) is 1. The number of allylic oxidation sites excluding steroid dienone is 1. The molecule has 0 unspecified atom stereocenters. The van der Waals surface area contributed by atoms with Gasteiger partial charge < -0.3 is 39.4 Å². The first-order valence-electron chi connectivity index (χ1n) is 12.4. The topological polar surface area (TPSA) is 166 Å². The van der Waals surface area contributed by atoms with Gasteiger partial charge in [-0.2, -0.15) is 5.10 Å². The number of nitrogens with one attached hydrogen (secondary N) is 3. The van der Waals surface area contributed by atoms with Crippen molar-refractivity contribution in [2.24, 2.45) is 5.10 Å². The van der Waals surface area contributed by atoms with Gasteiger partial charge in [-0.1, -0.05) is 6.07 Å². The average molecular weight is 635 g/mol. The summed E-state index contributed by atoms with van der Waals surface area (Å²) in [5.41, 5.74) is 4.36. The van der Waals surface area contributed by atoms with Crippen LogP contribution in [0.4, 0.5) is 4.79 Å². The zero-order valence-electron chi connectivity index (χ0n) is 23.1. The summed E-state index contributed by atoms with van der Waals surface area (Å²) in [5.74, 6) is 0.161. The van der Waals surface area contributed by atoms with Crippen molar-refractivity contribution in [2.75, 3.05) is 27.4 Å². The van der Waals surface area contributed by atoms with Crippen molar-refractivity contribution < 1.29 is 43.2 Å². The largest absolute Gasteiger partial charge is 0.493 e. The average Bonchev–Trinajstić information content (AvgIpc) is 2.92. The van der Waals surface area contributed by atoms with Crippen molar-refractivity contribution in [1.29, 1.82) is 0 Å². The fourth-order valence-electron chi connectivity index (χ4n) is 3.88. The molecule has 0 spiro atoms. The lowest BCUT2D eigenvalue weighted by Crippen LogP contribution is -2.45. The van der Waals surface area contributed by atoms with Crippen LogP contribution in [0.1, 0.15) is 37.9 Å². The molecule has 41 heavy (non-hydrogen) atoms. The summed E-state index contributed by atoms with van der Waals surface area (Å²) in [7, 11) is 2.70. The Balaban J connectivity index is 1.70. The third kappa shape index (κ3) is 8.11. The minimum Gasteiger partial charge on any atom is -0.493 e. The van der Waals surface area contributed by atoms with E-state index < -0.39 is 30.2 Å². The van der Waals surface area contributed by atoms with E-state index in [1.54, 1.807) is 44.2 Å². The number of carbonyl (C=O) groups excluding carboxylic acids is 3. The maximum absolute atomic E-state index is 12.4. The second-order valence-corrected chi connectivity index (χ2v) is 9.40. The van der Waals surface area contributed by atoms with Gasteiger partial charge in [0, 0.05) is 12.6 Å². The fourth-order valence-corrected chi connectivity index (χ4v) is 4.42. The highest BCUT2D eigenvalue weighted by Gasteiger charge is 2.32. The molecule has 1 aliphatic rings. The van der Waals surface area contributed by atoms with Gasteiger partial charge in [-0.15, -0.1) is 0 Å². The molecular formula is C27H31BrN4O9. The Morgan fingerprint density at radius 3 is 2.59 bits per heavy atom. The molecule has 2 aromatic carbocycles. The maximum Gasteiger partial charge on any atom is 0.337 e. The molecule has 0 aromatic heterocycles. The SMILES string of the molecule is CCOc1cc([C@H]2NC(=O)NC(C)=C2C(=O)OC)ccc1OC[C@H](O)N/N=C/c1cc(Br)c(OC(C)=O)c(OC)c1. The number of aliphatic hydroxyl groups excluding tert-OH is 1. The zero-order valence-corrected chi connectivity index (χ0v) is 24.7. The smallest absolute Gasteiger partial charge is 0.337 e. The Morgan fingerprint density at radius 2 is 1.93 bits per heavy atom. The third-order valence-corrected chi connectivity index (χ3v) is 6.20. The Bertz CT molecular complexity index is 1360. The summed E-state index contributed by atoms with van der Waals surface area (Å²) in [6.07, 6.45) is 0.252. The summed E-state index contributed by atoms with van der Waals surface area (Å²) < 4.78 is 27.3. The number of methoxy groups -OCH3 is 2. The lowest BCUT2D eigenvalue weighted by Gasteiger charge is -2.28. The highest BCUT2D eigenvalue weighted by atomic mass is 79.9. The predicted octanol–water partition coefficient (Wildman–Crippen LogP) is 2.90. The van der Waals surface area contributed by atoms with Crippen molar-refractivity contribution in [1.82, 2.24) is 16.1 Å². The Morgan fingerprint density at radius 1 is 1.17 bits per heavy atom. The first kappa shape index (κ1) is 31.2. The van der Waals surface area contributed by atoms with E-state index in [1.807, 2.05) is 0 Å². The second-order valence-electron chi connectivity index (χ2n) is 8.54. The monoisotopic (exact) mass is 634 g/mol. The molecule has 0 bridgehead atoms. The lowest BCUT2D eigenvalue weighted by atomic mass is 9.95. The van der Waals surface area contributed by atoms with Crippen molar-refractivity contribution in [2.45, 2.75) is 33.0 Å².